The third-order valence-electron chi connectivity index (χ3n) is 12.0. The normalized spacial score (nSPS) is 48.6. The van der Waals surface area contributed by atoms with Gasteiger partial charge < -0.3 is 9.64 Å². The quantitative estimate of drug-likeness (QED) is 0.417. The SMILES string of the molecule is CCC1C=CC2=CC3=CCC4(C)C(C(C)CCC5CCN(C)CC5C)CCC4C34CCC2(C1)O4. The van der Waals surface area contributed by atoms with Crippen LogP contribution in [0.5, 0.6) is 0 Å². The fraction of sp³-hybridized carbons (Fsp3) is 0.812. The van der Waals surface area contributed by atoms with Gasteiger partial charge in [-0.2, -0.15) is 0 Å². The van der Waals surface area contributed by atoms with Gasteiger partial charge in [0.25, 0.3) is 0 Å². The molecule has 0 aromatic heterocycles. The largest absolute Gasteiger partial charge is 0.359 e. The fourth-order valence-corrected chi connectivity index (χ4v) is 9.92. The van der Waals surface area contributed by atoms with Gasteiger partial charge in [0, 0.05) is 6.54 Å². The summed E-state index contributed by atoms with van der Waals surface area (Å²) in [6.45, 7) is 12.7. The lowest BCUT2D eigenvalue weighted by molar-refractivity contribution is -0.136. The highest BCUT2D eigenvalue weighted by Crippen LogP contribution is 2.68. The first-order chi connectivity index (χ1) is 16.3. The molecule has 3 aliphatic carbocycles. The van der Waals surface area contributed by atoms with Crippen molar-refractivity contribution >= 4 is 0 Å². The van der Waals surface area contributed by atoms with Crippen LogP contribution in [0.4, 0.5) is 0 Å². The van der Waals surface area contributed by atoms with Crippen LogP contribution < -0.4 is 0 Å². The summed E-state index contributed by atoms with van der Waals surface area (Å²) in [5.41, 5.74) is 3.46. The predicted molar refractivity (Wildman–Crippen MR) is 142 cm³/mol. The molecule has 3 aliphatic heterocycles. The van der Waals surface area contributed by atoms with Crippen LogP contribution in [0.15, 0.2) is 35.5 Å². The van der Waals surface area contributed by atoms with Gasteiger partial charge in [0.15, 0.2) is 0 Å². The molecular weight excluding hydrogens is 414 g/mol. The number of rotatable bonds is 5. The maximum absolute atomic E-state index is 7.41. The van der Waals surface area contributed by atoms with Crippen molar-refractivity contribution < 1.29 is 4.74 Å². The van der Waals surface area contributed by atoms with Crippen LogP contribution in [-0.4, -0.2) is 36.2 Å². The molecular formula is C32H49NO. The van der Waals surface area contributed by atoms with Crippen LogP contribution in [0.3, 0.4) is 0 Å². The van der Waals surface area contributed by atoms with Crippen LogP contribution in [0.25, 0.3) is 0 Å². The van der Waals surface area contributed by atoms with Crippen molar-refractivity contribution in [1.82, 2.24) is 4.90 Å². The summed E-state index contributed by atoms with van der Waals surface area (Å²) in [6.07, 6.45) is 23.3. The van der Waals surface area contributed by atoms with E-state index in [2.05, 4.69) is 63.9 Å². The number of likely N-dealkylation sites (tertiary alicyclic amines) is 1. The summed E-state index contributed by atoms with van der Waals surface area (Å²) < 4.78 is 7.41. The lowest BCUT2D eigenvalue weighted by Crippen LogP contribution is -2.54. The number of piperidine rings is 1. The molecule has 6 aliphatic rings. The van der Waals surface area contributed by atoms with Crippen LogP contribution >= 0.6 is 0 Å². The van der Waals surface area contributed by atoms with Crippen molar-refractivity contribution in [3.8, 4) is 0 Å². The molecule has 0 amide bonds. The molecule has 0 aromatic carbocycles. The van der Waals surface area contributed by atoms with Crippen molar-refractivity contribution in [2.45, 2.75) is 103 Å². The maximum atomic E-state index is 7.41. The van der Waals surface area contributed by atoms with E-state index in [-0.39, 0.29) is 11.2 Å². The number of hydrogen-bond donors (Lipinski definition) is 0. The molecule has 3 heterocycles. The van der Waals surface area contributed by atoms with Gasteiger partial charge in [-0.3, -0.25) is 0 Å². The van der Waals surface area contributed by atoms with E-state index in [9.17, 15) is 0 Å². The molecule has 3 fully saturated rings. The second kappa shape index (κ2) is 8.34. The third-order valence-corrected chi connectivity index (χ3v) is 12.0. The van der Waals surface area contributed by atoms with Crippen LogP contribution in [0.1, 0.15) is 91.9 Å². The Morgan fingerprint density at radius 1 is 1.18 bits per heavy atom. The van der Waals surface area contributed by atoms with Gasteiger partial charge in [0.1, 0.15) is 0 Å². The van der Waals surface area contributed by atoms with E-state index >= 15 is 0 Å². The minimum atomic E-state index is 0.0108. The Hall–Kier alpha value is -0.860. The van der Waals surface area contributed by atoms with Gasteiger partial charge >= 0.3 is 0 Å². The summed E-state index contributed by atoms with van der Waals surface area (Å²) >= 11 is 0. The van der Waals surface area contributed by atoms with Gasteiger partial charge in [-0.25, -0.2) is 0 Å². The summed E-state index contributed by atoms with van der Waals surface area (Å²) in [5.74, 6) is 4.88. The number of allylic oxidation sites excluding steroid dienone is 2. The van der Waals surface area contributed by atoms with E-state index < -0.39 is 0 Å². The average molecular weight is 464 g/mol. The molecule has 2 nitrogen and oxygen atoms in total. The van der Waals surface area contributed by atoms with Gasteiger partial charge in [0.05, 0.1) is 11.2 Å². The highest BCUT2D eigenvalue weighted by molar-refractivity contribution is 5.51. The Balaban J connectivity index is 1.21. The van der Waals surface area contributed by atoms with E-state index in [0.717, 1.165) is 23.7 Å². The molecule has 2 spiro atoms. The Morgan fingerprint density at radius 3 is 2.82 bits per heavy atom. The van der Waals surface area contributed by atoms with Crippen LogP contribution in [0.2, 0.25) is 0 Å². The molecule has 0 N–H and O–H groups in total. The highest BCUT2D eigenvalue weighted by atomic mass is 16.5. The maximum Gasteiger partial charge on any atom is 0.0975 e. The first kappa shape index (κ1) is 23.5. The number of ether oxygens (including phenoxy) is 1. The number of fused-ring (bicyclic) bond motifs is 1. The van der Waals surface area contributed by atoms with E-state index in [1.165, 1.54) is 82.9 Å². The fourth-order valence-electron chi connectivity index (χ4n) is 9.92. The van der Waals surface area contributed by atoms with Crippen molar-refractivity contribution in [3.63, 3.8) is 0 Å². The minimum absolute atomic E-state index is 0.0108. The molecule has 1 saturated carbocycles. The van der Waals surface area contributed by atoms with E-state index in [0.29, 0.717) is 17.3 Å². The molecule has 0 aromatic rings. The number of hydrogen-bond acceptors (Lipinski definition) is 2. The van der Waals surface area contributed by atoms with Gasteiger partial charge in [-0.1, -0.05) is 58.4 Å². The summed E-state index contributed by atoms with van der Waals surface area (Å²) in [5, 5.41) is 0. The molecule has 188 valence electrons. The highest BCUT2D eigenvalue weighted by Gasteiger charge is 2.66. The zero-order valence-corrected chi connectivity index (χ0v) is 22.6. The molecule has 9 atom stereocenters. The Kier molecular flexibility index (Phi) is 5.77. The van der Waals surface area contributed by atoms with Gasteiger partial charge in [-0.15, -0.1) is 0 Å². The Morgan fingerprint density at radius 2 is 2.03 bits per heavy atom. The standard InChI is InChI=1S/C32H49NO/c1-6-24-8-10-26-19-27-13-15-30(4)28(22(2)7-9-25-14-18-33(5)21-23(25)3)11-12-29(30)32(27)17-16-31(26,20-24)34-32/h8,10,13,19,22-25,28-29H,6-7,9,11-12,14-18,20-21H2,1-5H3. The average Bonchev–Trinajstić information content (AvgIpc) is 3.33. The van der Waals surface area contributed by atoms with Crippen molar-refractivity contribution in [1.29, 1.82) is 0 Å². The minimum Gasteiger partial charge on any atom is -0.359 e. The molecule has 34 heavy (non-hydrogen) atoms. The monoisotopic (exact) mass is 463 g/mol. The molecule has 9 unspecified atom stereocenters. The number of nitrogens with zero attached hydrogens (tertiary/aromatic N) is 1. The second-order valence-corrected chi connectivity index (χ2v) is 13.8. The summed E-state index contributed by atoms with van der Waals surface area (Å²) in [6, 6.07) is 0. The Bertz CT molecular complexity index is 901. The van der Waals surface area contributed by atoms with Gasteiger partial charge in [-0.05, 0) is 123 Å². The van der Waals surface area contributed by atoms with Crippen LogP contribution in [-0.2, 0) is 4.74 Å². The zero-order chi connectivity index (χ0) is 23.7. The Labute approximate surface area is 209 Å². The summed E-state index contributed by atoms with van der Waals surface area (Å²) in [4.78, 5) is 2.53. The lowest BCUT2D eigenvalue weighted by Gasteiger charge is -2.54. The van der Waals surface area contributed by atoms with Crippen LogP contribution in [0, 0.1) is 40.9 Å². The second-order valence-electron chi connectivity index (χ2n) is 13.8. The third kappa shape index (κ3) is 3.41. The smallest absolute Gasteiger partial charge is 0.0975 e. The lowest BCUT2D eigenvalue weighted by atomic mass is 9.57. The van der Waals surface area contributed by atoms with Crippen molar-refractivity contribution in [2.24, 2.45) is 40.9 Å². The summed E-state index contributed by atoms with van der Waals surface area (Å²) in [7, 11) is 2.30. The van der Waals surface area contributed by atoms with E-state index in [1.54, 1.807) is 5.57 Å². The van der Waals surface area contributed by atoms with E-state index in [4.69, 9.17) is 4.74 Å². The molecule has 2 heteroatoms. The first-order valence-corrected chi connectivity index (χ1v) is 14.8. The first-order valence-electron chi connectivity index (χ1n) is 14.8. The predicted octanol–water partition coefficient (Wildman–Crippen LogP) is 7.57. The van der Waals surface area contributed by atoms with E-state index in [1.807, 2.05) is 0 Å². The van der Waals surface area contributed by atoms with Crippen molar-refractivity contribution in [3.05, 3.63) is 35.5 Å². The molecule has 0 radical (unpaired) electrons. The molecule has 2 bridgehead atoms. The molecule has 6 rings (SSSR count). The van der Waals surface area contributed by atoms with Crippen molar-refractivity contribution in [2.75, 3.05) is 20.1 Å². The topological polar surface area (TPSA) is 12.5 Å². The molecule has 2 saturated heterocycles. The zero-order valence-electron chi connectivity index (χ0n) is 22.6. The van der Waals surface area contributed by atoms with Gasteiger partial charge in [0.2, 0.25) is 0 Å².